The van der Waals surface area contributed by atoms with Crippen LogP contribution in [0.15, 0.2) is 12.7 Å². The Bertz CT molecular complexity index is 138. The minimum Gasteiger partial charge on any atom is -0.376 e. The van der Waals surface area contributed by atoms with E-state index >= 15 is 0 Å². The monoisotopic (exact) mass is 171 g/mol. The first-order valence-corrected chi connectivity index (χ1v) is 4.48. The second-order valence-electron chi connectivity index (χ2n) is 3.14. The van der Waals surface area contributed by atoms with Crippen LogP contribution in [-0.2, 0) is 4.74 Å². The lowest BCUT2D eigenvalue weighted by atomic mass is 10.1. The van der Waals surface area contributed by atoms with Gasteiger partial charge in [-0.05, 0) is 12.8 Å². The molecule has 1 rings (SSSR count). The molecule has 3 heteroatoms. The van der Waals surface area contributed by atoms with Crippen molar-refractivity contribution in [2.24, 2.45) is 0 Å². The third kappa shape index (κ3) is 2.93. The van der Waals surface area contributed by atoms with Gasteiger partial charge in [0.25, 0.3) is 0 Å². The van der Waals surface area contributed by atoms with Crippen molar-refractivity contribution in [3.63, 3.8) is 0 Å². The molecule has 0 spiro atoms. The smallest absolute Gasteiger partial charge is 0.0649 e. The fraction of sp³-hybridized carbons (Fsp3) is 0.778. The minimum atomic E-state index is 0.193. The van der Waals surface area contributed by atoms with Gasteiger partial charge in [0.2, 0.25) is 0 Å². The van der Waals surface area contributed by atoms with Crippen LogP contribution in [0.5, 0.6) is 0 Å². The standard InChI is InChI=1S/C9H17NO2/c1-2-7-12-8-9-5-3-4-6-10(9)11/h2,9,11H,1,3-8H2. The zero-order chi connectivity index (χ0) is 8.81. The molecule has 1 saturated heterocycles. The van der Waals surface area contributed by atoms with E-state index in [1.165, 1.54) is 11.5 Å². The summed E-state index contributed by atoms with van der Waals surface area (Å²) in [5.41, 5.74) is 0. The molecule has 1 unspecified atom stereocenters. The van der Waals surface area contributed by atoms with Crippen LogP contribution in [-0.4, -0.2) is 36.1 Å². The average molecular weight is 171 g/mol. The molecule has 0 radical (unpaired) electrons. The SMILES string of the molecule is C=CCOCC1CCCCN1O. The minimum absolute atomic E-state index is 0.193. The molecule has 0 aromatic carbocycles. The molecule has 1 atom stereocenters. The summed E-state index contributed by atoms with van der Waals surface area (Å²) in [5, 5.41) is 10.8. The highest BCUT2D eigenvalue weighted by Crippen LogP contribution is 2.14. The lowest BCUT2D eigenvalue weighted by Crippen LogP contribution is -2.39. The number of ether oxygens (including phenoxy) is 1. The maximum Gasteiger partial charge on any atom is 0.0649 e. The van der Waals surface area contributed by atoms with Gasteiger partial charge in [0.15, 0.2) is 0 Å². The van der Waals surface area contributed by atoms with Crippen molar-refractivity contribution < 1.29 is 9.94 Å². The Labute approximate surface area is 73.6 Å². The molecule has 1 heterocycles. The number of hydroxylamine groups is 2. The Morgan fingerprint density at radius 3 is 3.08 bits per heavy atom. The van der Waals surface area contributed by atoms with E-state index in [2.05, 4.69) is 6.58 Å². The predicted molar refractivity (Wildman–Crippen MR) is 47.1 cm³/mol. The summed E-state index contributed by atoms with van der Waals surface area (Å²) in [6, 6.07) is 0.193. The van der Waals surface area contributed by atoms with Crippen LogP contribution in [0.2, 0.25) is 0 Å². The highest BCUT2D eigenvalue weighted by Gasteiger charge is 2.20. The summed E-state index contributed by atoms with van der Waals surface area (Å²) < 4.78 is 5.27. The average Bonchev–Trinajstić information content (AvgIpc) is 2.09. The van der Waals surface area contributed by atoms with Gasteiger partial charge in [-0.15, -0.1) is 6.58 Å². The summed E-state index contributed by atoms with van der Waals surface area (Å²) in [6.07, 6.45) is 5.05. The first kappa shape index (κ1) is 9.71. The molecule has 0 saturated carbocycles. The molecule has 12 heavy (non-hydrogen) atoms. The van der Waals surface area contributed by atoms with Crippen molar-refractivity contribution in [2.75, 3.05) is 19.8 Å². The molecule has 1 N–H and O–H groups in total. The molecule has 0 bridgehead atoms. The van der Waals surface area contributed by atoms with Gasteiger partial charge >= 0.3 is 0 Å². The van der Waals surface area contributed by atoms with Gasteiger partial charge in [-0.1, -0.05) is 12.5 Å². The third-order valence-electron chi connectivity index (χ3n) is 2.14. The van der Waals surface area contributed by atoms with E-state index in [9.17, 15) is 5.21 Å². The molecular formula is C9H17NO2. The molecule has 0 aromatic heterocycles. The van der Waals surface area contributed by atoms with Crippen molar-refractivity contribution in [3.8, 4) is 0 Å². The van der Waals surface area contributed by atoms with Crippen molar-refractivity contribution in [3.05, 3.63) is 12.7 Å². The first-order valence-electron chi connectivity index (χ1n) is 4.48. The molecule has 0 amide bonds. The molecular weight excluding hydrogens is 154 g/mol. The van der Waals surface area contributed by atoms with E-state index < -0.39 is 0 Å². The quantitative estimate of drug-likeness (QED) is 0.513. The zero-order valence-corrected chi connectivity index (χ0v) is 7.41. The molecule has 0 aromatic rings. The van der Waals surface area contributed by atoms with Gasteiger partial charge in [-0.2, -0.15) is 5.06 Å². The first-order chi connectivity index (χ1) is 5.84. The van der Waals surface area contributed by atoms with Gasteiger partial charge in [-0.3, -0.25) is 0 Å². The van der Waals surface area contributed by atoms with E-state index in [-0.39, 0.29) is 6.04 Å². The highest BCUT2D eigenvalue weighted by atomic mass is 16.5. The van der Waals surface area contributed by atoms with Gasteiger partial charge < -0.3 is 9.94 Å². The fourth-order valence-electron chi connectivity index (χ4n) is 1.44. The summed E-state index contributed by atoms with van der Waals surface area (Å²) in [4.78, 5) is 0. The Morgan fingerprint density at radius 1 is 1.58 bits per heavy atom. The van der Waals surface area contributed by atoms with Gasteiger partial charge in [0.1, 0.15) is 0 Å². The summed E-state index contributed by atoms with van der Waals surface area (Å²) in [5.74, 6) is 0. The Kier molecular flexibility index (Phi) is 4.29. The Balaban J connectivity index is 2.15. The van der Waals surface area contributed by atoms with E-state index in [4.69, 9.17) is 4.74 Å². The lowest BCUT2D eigenvalue weighted by Gasteiger charge is -2.29. The molecule has 1 aliphatic heterocycles. The van der Waals surface area contributed by atoms with Crippen LogP contribution < -0.4 is 0 Å². The molecule has 70 valence electrons. The van der Waals surface area contributed by atoms with E-state index in [0.717, 1.165) is 19.4 Å². The van der Waals surface area contributed by atoms with Crippen LogP contribution in [0.4, 0.5) is 0 Å². The summed E-state index contributed by atoms with van der Waals surface area (Å²) in [7, 11) is 0. The van der Waals surface area contributed by atoms with Gasteiger partial charge in [-0.25, -0.2) is 0 Å². The van der Waals surface area contributed by atoms with Crippen molar-refractivity contribution in [1.82, 2.24) is 5.06 Å². The topological polar surface area (TPSA) is 32.7 Å². The van der Waals surface area contributed by atoms with Crippen molar-refractivity contribution in [2.45, 2.75) is 25.3 Å². The van der Waals surface area contributed by atoms with Crippen LogP contribution >= 0.6 is 0 Å². The van der Waals surface area contributed by atoms with Crippen LogP contribution in [0.3, 0.4) is 0 Å². The van der Waals surface area contributed by atoms with Gasteiger partial charge in [0, 0.05) is 6.54 Å². The van der Waals surface area contributed by atoms with Crippen LogP contribution in [0, 0.1) is 0 Å². The van der Waals surface area contributed by atoms with E-state index in [1.54, 1.807) is 6.08 Å². The normalized spacial score (nSPS) is 25.6. The highest BCUT2D eigenvalue weighted by molar-refractivity contribution is 4.71. The largest absolute Gasteiger partial charge is 0.376 e. The maximum atomic E-state index is 9.40. The summed E-state index contributed by atoms with van der Waals surface area (Å²) in [6.45, 7) is 5.53. The maximum absolute atomic E-state index is 9.40. The second-order valence-corrected chi connectivity index (χ2v) is 3.14. The third-order valence-corrected chi connectivity index (χ3v) is 2.14. The number of piperidine rings is 1. The van der Waals surface area contributed by atoms with Crippen molar-refractivity contribution >= 4 is 0 Å². The number of hydrogen-bond acceptors (Lipinski definition) is 3. The predicted octanol–water partition coefficient (Wildman–Crippen LogP) is 1.43. The van der Waals surface area contributed by atoms with Crippen molar-refractivity contribution in [1.29, 1.82) is 0 Å². The second kappa shape index (κ2) is 5.30. The molecule has 0 aliphatic carbocycles. The fourth-order valence-corrected chi connectivity index (χ4v) is 1.44. The Hall–Kier alpha value is -0.380. The number of rotatable bonds is 4. The lowest BCUT2D eigenvalue weighted by molar-refractivity contribution is -0.156. The number of hydrogen-bond donors (Lipinski definition) is 1. The van der Waals surface area contributed by atoms with Crippen LogP contribution in [0.1, 0.15) is 19.3 Å². The Morgan fingerprint density at radius 2 is 2.42 bits per heavy atom. The van der Waals surface area contributed by atoms with Crippen LogP contribution in [0.25, 0.3) is 0 Å². The molecule has 1 fully saturated rings. The summed E-state index contributed by atoms with van der Waals surface area (Å²) >= 11 is 0. The number of nitrogens with zero attached hydrogens (tertiary/aromatic N) is 1. The molecule has 3 nitrogen and oxygen atoms in total. The van der Waals surface area contributed by atoms with Gasteiger partial charge in [0.05, 0.1) is 19.3 Å². The van der Waals surface area contributed by atoms with E-state index in [1.807, 2.05) is 0 Å². The van der Waals surface area contributed by atoms with E-state index in [0.29, 0.717) is 13.2 Å². The molecule has 1 aliphatic rings. The zero-order valence-electron chi connectivity index (χ0n) is 7.41.